The van der Waals surface area contributed by atoms with Gasteiger partial charge in [-0.15, -0.1) is 0 Å². The van der Waals surface area contributed by atoms with E-state index in [-0.39, 0.29) is 0 Å². The molecule has 0 aliphatic carbocycles. The number of halogens is 1. The van der Waals surface area contributed by atoms with E-state index in [0.717, 1.165) is 27.4 Å². The number of aromatic nitrogens is 3. The fourth-order valence-corrected chi connectivity index (χ4v) is 2.63. The number of benzene rings is 1. The summed E-state index contributed by atoms with van der Waals surface area (Å²) < 4.78 is 9.24. The van der Waals surface area contributed by atoms with E-state index in [1.165, 1.54) is 5.56 Å². The Morgan fingerprint density at radius 1 is 1.32 bits per heavy atom. The van der Waals surface area contributed by atoms with Crippen LogP contribution >= 0.6 is 28.1 Å². The van der Waals surface area contributed by atoms with Crippen molar-refractivity contribution in [3.63, 3.8) is 0 Å². The van der Waals surface area contributed by atoms with Gasteiger partial charge in [-0.25, -0.2) is 4.68 Å². The Balaban J connectivity index is 1.76. The predicted octanol–water partition coefficient (Wildman–Crippen LogP) is 4.32. The molecule has 22 heavy (non-hydrogen) atoms. The van der Waals surface area contributed by atoms with Gasteiger partial charge in [-0.1, -0.05) is 22.0 Å². The Labute approximate surface area is 141 Å². The molecular formula is C15H15BrN4OS. The summed E-state index contributed by atoms with van der Waals surface area (Å²) in [6.07, 6.45) is 0. The summed E-state index contributed by atoms with van der Waals surface area (Å²) in [6, 6.07) is 10.1. The number of hydrogen-bond donors (Lipinski definition) is 2. The molecular weight excluding hydrogens is 364 g/mol. The van der Waals surface area contributed by atoms with E-state index in [0.29, 0.717) is 11.3 Å². The molecule has 2 N–H and O–H groups in total. The van der Waals surface area contributed by atoms with Gasteiger partial charge in [-0.05, 0) is 55.9 Å². The van der Waals surface area contributed by atoms with Gasteiger partial charge in [-0.2, -0.15) is 5.10 Å². The van der Waals surface area contributed by atoms with Crippen molar-refractivity contribution in [2.75, 3.05) is 5.43 Å². The first-order valence-corrected chi connectivity index (χ1v) is 7.98. The topological polar surface area (TPSA) is 58.8 Å². The molecule has 0 aliphatic heterocycles. The summed E-state index contributed by atoms with van der Waals surface area (Å²) >= 11 is 8.65. The molecule has 114 valence electrons. The number of hydrogen-bond acceptors (Lipinski definition) is 4. The Morgan fingerprint density at radius 3 is 2.82 bits per heavy atom. The van der Waals surface area contributed by atoms with Gasteiger partial charge in [0.2, 0.25) is 4.77 Å². The highest BCUT2D eigenvalue weighted by atomic mass is 79.9. The van der Waals surface area contributed by atoms with E-state index in [1.54, 1.807) is 4.68 Å². The summed E-state index contributed by atoms with van der Waals surface area (Å²) in [5.74, 6) is 2.46. The molecule has 0 amide bonds. The molecule has 3 aromatic rings. The SMILES string of the molecule is Cc1cc(-c2ccc(CNn3c(C)n[nH]c3=S)o2)ccc1Br. The number of rotatable bonds is 4. The van der Waals surface area contributed by atoms with Crippen LogP contribution in [0.4, 0.5) is 0 Å². The molecule has 3 rings (SSSR count). The Bertz CT molecular complexity index is 865. The van der Waals surface area contributed by atoms with Crippen LogP contribution in [0.5, 0.6) is 0 Å². The van der Waals surface area contributed by atoms with Crippen molar-refractivity contribution >= 4 is 28.1 Å². The summed E-state index contributed by atoms with van der Waals surface area (Å²) in [4.78, 5) is 0. The molecule has 0 spiro atoms. The van der Waals surface area contributed by atoms with Gasteiger partial charge in [0.25, 0.3) is 0 Å². The van der Waals surface area contributed by atoms with Crippen molar-refractivity contribution in [3.05, 3.63) is 56.7 Å². The lowest BCUT2D eigenvalue weighted by Crippen LogP contribution is -2.15. The van der Waals surface area contributed by atoms with Crippen molar-refractivity contribution in [2.45, 2.75) is 20.4 Å². The monoisotopic (exact) mass is 378 g/mol. The summed E-state index contributed by atoms with van der Waals surface area (Å²) in [5.41, 5.74) is 5.41. The van der Waals surface area contributed by atoms with Crippen LogP contribution in [0.1, 0.15) is 17.1 Å². The molecule has 0 radical (unpaired) electrons. The standard InChI is InChI=1S/C15H15BrN4OS/c1-9-7-11(3-5-13(9)16)14-6-4-12(21-14)8-17-20-10(2)18-19-15(20)22/h3-7,17H,8H2,1-2H3,(H,19,22). The molecule has 0 fully saturated rings. The van der Waals surface area contributed by atoms with Gasteiger partial charge in [0.1, 0.15) is 17.3 Å². The second kappa shape index (κ2) is 6.10. The molecule has 1 aromatic carbocycles. The fourth-order valence-electron chi connectivity index (χ4n) is 2.14. The van der Waals surface area contributed by atoms with Crippen molar-refractivity contribution in [1.82, 2.24) is 14.9 Å². The maximum absolute atomic E-state index is 5.89. The van der Waals surface area contributed by atoms with E-state index in [1.807, 2.05) is 31.2 Å². The Hall–Kier alpha value is -1.86. The summed E-state index contributed by atoms with van der Waals surface area (Å²) in [6.45, 7) is 4.46. The molecule has 2 aromatic heterocycles. The second-order valence-corrected chi connectivity index (χ2v) is 6.22. The van der Waals surface area contributed by atoms with Gasteiger partial charge in [0.05, 0.1) is 6.54 Å². The maximum atomic E-state index is 5.89. The molecule has 0 saturated carbocycles. The van der Waals surface area contributed by atoms with Crippen LogP contribution in [-0.4, -0.2) is 14.9 Å². The van der Waals surface area contributed by atoms with E-state index < -0.39 is 0 Å². The zero-order valence-corrected chi connectivity index (χ0v) is 14.6. The maximum Gasteiger partial charge on any atom is 0.214 e. The molecule has 7 heteroatoms. The van der Waals surface area contributed by atoms with E-state index in [2.05, 4.69) is 44.5 Å². The third-order valence-electron chi connectivity index (χ3n) is 3.36. The van der Waals surface area contributed by atoms with E-state index in [9.17, 15) is 0 Å². The predicted molar refractivity (Wildman–Crippen MR) is 91.8 cm³/mol. The number of nitrogens with one attached hydrogen (secondary N) is 2. The van der Waals surface area contributed by atoms with Crippen LogP contribution in [0.3, 0.4) is 0 Å². The van der Waals surface area contributed by atoms with Gasteiger partial charge in [-0.3, -0.25) is 5.10 Å². The lowest BCUT2D eigenvalue weighted by Gasteiger charge is -2.06. The minimum Gasteiger partial charge on any atom is -0.459 e. The van der Waals surface area contributed by atoms with Crippen LogP contribution in [0.15, 0.2) is 39.2 Å². The van der Waals surface area contributed by atoms with Gasteiger partial charge >= 0.3 is 0 Å². The van der Waals surface area contributed by atoms with E-state index in [4.69, 9.17) is 16.6 Å². The summed E-state index contributed by atoms with van der Waals surface area (Å²) in [5, 5.41) is 6.78. The largest absolute Gasteiger partial charge is 0.459 e. The number of nitrogens with zero attached hydrogens (tertiary/aromatic N) is 2. The van der Waals surface area contributed by atoms with Crippen molar-refractivity contribution < 1.29 is 4.42 Å². The number of H-pyrrole nitrogens is 1. The minimum absolute atomic E-state index is 0.532. The van der Waals surface area contributed by atoms with Crippen LogP contribution in [0.2, 0.25) is 0 Å². The van der Waals surface area contributed by atoms with Gasteiger partial charge in [0.15, 0.2) is 0 Å². The van der Waals surface area contributed by atoms with Crippen LogP contribution < -0.4 is 5.43 Å². The first-order chi connectivity index (χ1) is 10.5. The number of furan rings is 1. The zero-order chi connectivity index (χ0) is 15.7. The lowest BCUT2D eigenvalue weighted by atomic mass is 10.1. The van der Waals surface area contributed by atoms with Crippen molar-refractivity contribution in [3.8, 4) is 11.3 Å². The first kappa shape index (κ1) is 15.1. The average Bonchev–Trinajstić information content (AvgIpc) is 3.08. The molecule has 0 aliphatic rings. The molecule has 0 bridgehead atoms. The Morgan fingerprint density at radius 2 is 2.14 bits per heavy atom. The third-order valence-corrected chi connectivity index (χ3v) is 4.52. The number of aryl methyl sites for hydroxylation is 2. The quantitative estimate of drug-likeness (QED) is 0.663. The third kappa shape index (κ3) is 3.00. The second-order valence-electron chi connectivity index (χ2n) is 4.98. The average molecular weight is 379 g/mol. The van der Waals surface area contributed by atoms with Crippen molar-refractivity contribution in [2.24, 2.45) is 0 Å². The molecule has 5 nitrogen and oxygen atoms in total. The lowest BCUT2D eigenvalue weighted by molar-refractivity contribution is 0.521. The molecule has 2 heterocycles. The minimum atomic E-state index is 0.532. The van der Waals surface area contributed by atoms with Gasteiger partial charge in [0, 0.05) is 10.0 Å². The highest BCUT2D eigenvalue weighted by Crippen LogP contribution is 2.26. The molecule has 0 saturated heterocycles. The number of aromatic amines is 1. The Kier molecular flexibility index (Phi) is 4.17. The van der Waals surface area contributed by atoms with E-state index >= 15 is 0 Å². The van der Waals surface area contributed by atoms with Crippen LogP contribution in [0.25, 0.3) is 11.3 Å². The molecule has 0 atom stereocenters. The van der Waals surface area contributed by atoms with Gasteiger partial charge < -0.3 is 9.84 Å². The van der Waals surface area contributed by atoms with Crippen molar-refractivity contribution in [1.29, 1.82) is 0 Å². The first-order valence-electron chi connectivity index (χ1n) is 6.78. The summed E-state index contributed by atoms with van der Waals surface area (Å²) in [7, 11) is 0. The van der Waals surface area contributed by atoms with Crippen LogP contribution in [0, 0.1) is 18.6 Å². The highest BCUT2D eigenvalue weighted by molar-refractivity contribution is 9.10. The smallest absolute Gasteiger partial charge is 0.214 e. The zero-order valence-electron chi connectivity index (χ0n) is 12.2. The fraction of sp³-hybridized carbons (Fsp3) is 0.200. The molecule has 0 unspecified atom stereocenters. The highest BCUT2D eigenvalue weighted by Gasteiger charge is 2.07. The normalized spacial score (nSPS) is 10.9. The van der Waals surface area contributed by atoms with Crippen LogP contribution in [-0.2, 0) is 6.54 Å².